The topological polar surface area (TPSA) is 38.9 Å². The van der Waals surface area contributed by atoms with Crippen LogP contribution in [-0.4, -0.2) is 10.1 Å². The van der Waals surface area contributed by atoms with Crippen molar-refractivity contribution in [2.24, 2.45) is 0 Å². The lowest BCUT2D eigenvalue weighted by Gasteiger charge is -1.98. The number of aryl methyl sites for hydroxylation is 1. The Kier molecular flexibility index (Phi) is 2.18. The zero-order valence-electron chi connectivity index (χ0n) is 7.59. The van der Waals surface area contributed by atoms with Crippen LogP contribution < -0.4 is 0 Å². The summed E-state index contributed by atoms with van der Waals surface area (Å²) in [5.74, 6) is -3.26. The van der Waals surface area contributed by atoms with Crippen molar-refractivity contribution in [1.29, 1.82) is 0 Å². The van der Waals surface area contributed by atoms with E-state index in [1.54, 1.807) is 0 Å². The van der Waals surface area contributed by atoms with E-state index in [-0.39, 0.29) is 17.3 Å². The van der Waals surface area contributed by atoms with Gasteiger partial charge < -0.3 is 4.52 Å². The van der Waals surface area contributed by atoms with Crippen molar-refractivity contribution in [2.75, 3.05) is 0 Å². The molecule has 0 aliphatic rings. The molecule has 2 rings (SSSR count). The summed E-state index contributed by atoms with van der Waals surface area (Å²) < 4.78 is 43.2. The van der Waals surface area contributed by atoms with E-state index < -0.39 is 17.5 Å². The zero-order valence-corrected chi connectivity index (χ0v) is 7.59. The number of hydrogen-bond donors (Lipinski definition) is 0. The van der Waals surface area contributed by atoms with Gasteiger partial charge in [-0.15, -0.1) is 0 Å². The molecular weight excluding hydrogens is 209 g/mol. The SMILES string of the molecule is Cc1noc(-c2cc(F)c(F)cc2F)n1. The highest BCUT2D eigenvalue weighted by Gasteiger charge is 2.15. The average Bonchev–Trinajstić information content (AvgIpc) is 2.58. The Labute approximate surface area is 82.5 Å². The van der Waals surface area contributed by atoms with Crippen LogP contribution in [-0.2, 0) is 0 Å². The minimum atomic E-state index is -1.26. The number of rotatable bonds is 1. The van der Waals surface area contributed by atoms with Gasteiger partial charge in [-0.1, -0.05) is 5.16 Å². The van der Waals surface area contributed by atoms with Gasteiger partial charge in [-0.2, -0.15) is 4.98 Å². The van der Waals surface area contributed by atoms with E-state index in [4.69, 9.17) is 0 Å². The van der Waals surface area contributed by atoms with Crippen molar-refractivity contribution in [2.45, 2.75) is 6.92 Å². The molecule has 78 valence electrons. The van der Waals surface area contributed by atoms with E-state index in [1.807, 2.05) is 0 Å². The van der Waals surface area contributed by atoms with E-state index in [0.717, 1.165) is 0 Å². The molecule has 0 radical (unpaired) electrons. The molecule has 1 aromatic carbocycles. The Bertz CT molecular complexity index is 510. The van der Waals surface area contributed by atoms with E-state index in [0.29, 0.717) is 12.1 Å². The summed E-state index contributed by atoms with van der Waals surface area (Å²) in [6, 6.07) is 1.11. The Hall–Kier alpha value is -1.85. The van der Waals surface area contributed by atoms with Gasteiger partial charge in [0.05, 0.1) is 5.56 Å². The summed E-state index contributed by atoms with van der Waals surface area (Å²) in [5.41, 5.74) is -0.255. The molecule has 0 saturated carbocycles. The van der Waals surface area contributed by atoms with Gasteiger partial charge in [-0.05, 0) is 13.0 Å². The highest BCUT2D eigenvalue weighted by atomic mass is 19.2. The van der Waals surface area contributed by atoms with Crippen LogP contribution in [0.1, 0.15) is 5.82 Å². The summed E-state index contributed by atoms with van der Waals surface area (Å²) in [6.07, 6.45) is 0. The predicted octanol–water partition coefficient (Wildman–Crippen LogP) is 2.46. The predicted molar refractivity (Wildman–Crippen MR) is 44.3 cm³/mol. The lowest BCUT2D eigenvalue weighted by molar-refractivity contribution is 0.421. The van der Waals surface area contributed by atoms with Crippen LogP contribution in [0.15, 0.2) is 16.7 Å². The third kappa shape index (κ3) is 1.70. The van der Waals surface area contributed by atoms with Crippen molar-refractivity contribution < 1.29 is 17.7 Å². The maximum Gasteiger partial charge on any atom is 0.260 e. The van der Waals surface area contributed by atoms with Gasteiger partial charge in [0.1, 0.15) is 5.82 Å². The normalized spacial score (nSPS) is 10.7. The highest BCUT2D eigenvalue weighted by molar-refractivity contribution is 5.53. The van der Waals surface area contributed by atoms with E-state index in [9.17, 15) is 13.2 Å². The van der Waals surface area contributed by atoms with Crippen molar-refractivity contribution >= 4 is 0 Å². The molecule has 15 heavy (non-hydrogen) atoms. The summed E-state index contributed by atoms with van der Waals surface area (Å²) in [4.78, 5) is 3.71. The Morgan fingerprint density at radius 1 is 1.07 bits per heavy atom. The Balaban J connectivity index is 2.58. The first-order chi connectivity index (χ1) is 7.08. The summed E-state index contributed by atoms with van der Waals surface area (Å²) >= 11 is 0. The summed E-state index contributed by atoms with van der Waals surface area (Å²) in [7, 11) is 0. The molecule has 0 saturated heterocycles. The van der Waals surface area contributed by atoms with Gasteiger partial charge in [0.15, 0.2) is 17.5 Å². The van der Waals surface area contributed by atoms with Crippen molar-refractivity contribution in [3.05, 3.63) is 35.4 Å². The fraction of sp³-hybridized carbons (Fsp3) is 0.111. The molecule has 0 spiro atoms. The zero-order chi connectivity index (χ0) is 11.0. The quantitative estimate of drug-likeness (QED) is 0.684. The van der Waals surface area contributed by atoms with Gasteiger partial charge in [0.25, 0.3) is 5.89 Å². The van der Waals surface area contributed by atoms with Gasteiger partial charge in [0.2, 0.25) is 0 Å². The standard InChI is InChI=1S/C9H5F3N2O/c1-4-13-9(15-14-4)5-2-7(11)8(12)3-6(5)10/h2-3H,1H3. The van der Waals surface area contributed by atoms with Crippen LogP contribution in [0.2, 0.25) is 0 Å². The van der Waals surface area contributed by atoms with Crippen molar-refractivity contribution in [3.63, 3.8) is 0 Å². The van der Waals surface area contributed by atoms with Crippen LogP contribution in [0, 0.1) is 24.4 Å². The fourth-order valence-electron chi connectivity index (χ4n) is 1.09. The maximum atomic E-state index is 13.2. The number of hydrogen-bond acceptors (Lipinski definition) is 3. The molecule has 3 nitrogen and oxygen atoms in total. The Morgan fingerprint density at radius 2 is 1.73 bits per heavy atom. The van der Waals surface area contributed by atoms with Crippen LogP contribution in [0.3, 0.4) is 0 Å². The van der Waals surface area contributed by atoms with Crippen LogP contribution >= 0.6 is 0 Å². The number of benzene rings is 1. The molecule has 0 aliphatic heterocycles. The number of nitrogens with zero attached hydrogens (tertiary/aromatic N) is 2. The third-order valence-corrected chi connectivity index (χ3v) is 1.77. The highest BCUT2D eigenvalue weighted by Crippen LogP contribution is 2.23. The Morgan fingerprint density at radius 3 is 2.33 bits per heavy atom. The molecule has 0 N–H and O–H groups in total. The fourth-order valence-corrected chi connectivity index (χ4v) is 1.09. The molecule has 0 aliphatic carbocycles. The molecule has 0 atom stereocenters. The minimum Gasteiger partial charge on any atom is -0.334 e. The summed E-state index contributed by atoms with van der Waals surface area (Å²) in [5, 5.41) is 3.42. The first-order valence-corrected chi connectivity index (χ1v) is 4.03. The summed E-state index contributed by atoms with van der Waals surface area (Å²) in [6.45, 7) is 1.53. The molecule has 0 amide bonds. The van der Waals surface area contributed by atoms with Crippen LogP contribution in [0.25, 0.3) is 11.5 Å². The van der Waals surface area contributed by atoms with E-state index in [1.165, 1.54) is 6.92 Å². The second-order valence-corrected chi connectivity index (χ2v) is 2.89. The first kappa shape index (κ1) is 9.70. The maximum absolute atomic E-state index is 13.2. The monoisotopic (exact) mass is 214 g/mol. The number of aromatic nitrogens is 2. The largest absolute Gasteiger partial charge is 0.334 e. The molecule has 6 heteroatoms. The molecule has 1 aromatic heterocycles. The van der Waals surface area contributed by atoms with Crippen LogP contribution in [0.4, 0.5) is 13.2 Å². The lowest BCUT2D eigenvalue weighted by atomic mass is 10.2. The van der Waals surface area contributed by atoms with Crippen LogP contribution in [0.5, 0.6) is 0 Å². The molecular formula is C9H5F3N2O. The minimum absolute atomic E-state index is 0.177. The van der Waals surface area contributed by atoms with Gasteiger partial charge in [0, 0.05) is 6.07 Å². The third-order valence-electron chi connectivity index (χ3n) is 1.77. The molecule has 0 fully saturated rings. The van der Waals surface area contributed by atoms with Gasteiger partial charge in [-0.25, -0.2) is 13.2 Å². The second kappa shape index (κ2) is 3.38. The average molecular weight is 214 g/mol. The van der Waals surface area contributed by atoms with Gasteiger partial charge >= 0.3 is 0 Å². The first-order valence-electron chi connectivity index (χ1n) is 4.03. The van der Waals surface area contributed by atoms with Crippen molar-refractivity contribution in [1.82, 2.24) is 10.1 Å². The van der Waals surface area contributed by atoms with Gasteiger partial charge in [-0.3, -0.25) is 0 Å². The van der Waals surface area contributed by atoms with E-state index >= 15 is 0 Å². The molecule has 0 unspecified atom stereocenters. The van der Waals surface area contributed by atoms with E-state index in [2.05, 4.69) is 14.7 Å². The lowest BCUT2D eigenvalue weighted by Crippen LogP contribution is -1.91. The van der Waals surface area contributed by atoms with Crippen molar-refractivity contribution in [3.8, 4) is 11.5 Å². The number of halogens is 3. The molecule has 1 heterocycles. The molecule has 0 bridgehead atoms. The second-order valence-electron chi connectivity index (χ2n) is 2.89. The molecule has 2 aromatic rings. The smallest absolute Gasteiger partial charge is 0.260 e.